The van der Waals surface area contributed by atoms with Gasteiger partial charge in [0.25, 0.3) is 0 Å². The number of carboxylic acid groups (broad SMARTS) is 1. The van der Waals surface area contributed by atoms with Gasteiger partial charge in [-0.15, -0.1) is 0 Å². The molecule has 0 aliphatic rings. The van der Waals surface area contributed by atoms with E-state index in [1.807, 2.05) is 0 Å². The molecule has 0 atom stereocenters. The number of aromatic hydroxyl groups is 1. The summed E-state index contributed by atoms with van der Waals surface area (Å²) >= 11 is 0. The van der Waals surface area contributed by atoms with Crippen LogP contribution in [0, 0.1) is 5.82 Å². The van der Waals surface area contributed by atoms with E-state index < -0.39 is 40.9 Å². The van der Waals surface area contributed by atoms with Crippen LogP contribution in [0.1, 0.15) is 10.4 Å². The molecule has 0 aliphatic carbocycles. The summed E-state index contributed by atoms with van der Waals surface area (Å²) in [6, 6.07) is 1.30. The molecular weight excluding hydrogens is 262 g/mol. The van der Waals surface area contributed by atoms with Crippen LogP contribution >= 0.6 is 0 Å². The lowest BCUT2D eigenvalue weighted by Gasteiger charge is -2.11. The number of nitrogens with one attached hydrogen (secondary N) is 1. The fraction of sp³-hybridized carbons (Fsp3) is 0.111. The predicted octanol–water partition coefficient (Wildman–Crippen LogP) is 1.73. The van der Waals surface area contributed by atoms with E-state index in [1.165, 1.54) is 0 Å². The Morgan fingerprint density at radius 2 is 1.78 bits per heavy atom. The van der Waals surface area contributed by atoms with E-state index in [-0.39, 0.29) is 0 Å². The lowest BCUT2D eigenvalue weighted by Crippen LogP contribution is -2.30. The molecule has 0 heterocycles. The molecule has 9 heteroatoms. The van der Waals surface area contributed by atoms with Crippen molar-refractivity contribution in [1.82, 2.24) is 0 Å². The first kappa shape index (κ1) is 13.7. The zero-order chi connectivity index (χ0) is 14.1. The summed E-state index contributed by atoms with van der Waals surface area (Å²) in [5, 5.41) is 18.7. The maximum atomic E-state index is 13.4. The molecule has 1 rings (SSSR count). The number of carbonyl (C=O) groups excluding carboxylic acids is 1. The molecular formula is C9H5F4NO4. The van der Waals surface area contributed by atoms with Gasteiger partial charge in [0.2, 0.25) is 0 Å². The number of aromatic carboxylic acids is 1. The molecule has 0 fully saturated rings. The summed E-state index contributed by atoms with van der Waals surface area (Å²) < 4.78 is 49.2. The molecule has 0 spiro atoms. The molecule has 0 radical (unpaired) electrons. The van der Waals surface area contributed by atoms with Gasteiger partial charge in [-0.05, 0) is 12.1 Å². The quantitative estimate of drug-likeness (QED) is 0.562. The molecule has 98 valence electrons. The molecule has 18 heavy (non-hydrogen) atoms. The Morgan fingerprint density at radius 3 is 2.22 bits per heavy atom. The van der Waals surface area contributed by atoms with E-state index in [1.54, 1.807) is 0 Å². The number of phenolic OH excluding ortho intramolecular Hbond substituents is 1. The molecule has 5 nitrogen and oxygen atoms in total. The highest BCUT2D eigenvalue weighted by Crippen LogP contribution is 2.30. The minimum Gasteiger partial charge on any atom is -0.506 e. The van der Waals surface area contributed by atoms with Crippen molar-refractivity contribution in [3.05, 3.63) is 23.5 Å². The summed E-state index contributed by atoms with van der Waals surface area (Å²) in [4.78, 5) is 21.1. The number of alkyl halides is 3. The number of rotatable bonds is 2. The molecule has 1 amide bonds. The number of benzene rings is 1. The number of halogens is 4. The number of hydrogen-bond donors (Lipinski definition) is 3. The molecule has 0 aromatic heterocycles. The molecule has 0 aliphatic heterocycles. The SMILES string of the molecule is O=C(O)c1ccc(O)c(NC(=O)C(F)(F)F)c1F. The summed E-state index contributed by atoms with van der Waals surface area (Å²) in [6.45, 7) is 0. The van der Waals surface area contributed by atoms with E-state index in [0.717, 1.165) is 5.32 Å². The Kier molecular flexibility index (Phi) is 3.44. The van der Waals surface area contributed by atoms with Crippen LogP contribution in [0.15, 0.2) is 12.1 Å². The number of hydrogen-bond acceptors (Lipinski definition) is 3. The predicted molar refractivity (Wildman–Crippen MR) is 49.7 cm³/mol. The number of carbonyl (C=O) groups is 2. The van der Waals surface area contributed by atoms with E-state index in [2.05, 4.69) is 0 Å². The molecule has 0 unspecified atom stereocenters. The van der Waals surface area contributed by atoms with E-state index in [4.69, 9.17) is 10.2 Å². The number of phenols is 1. The van der Waals surface area contributed by atoms with Crippen molar-refractivity contribution < 1.29 is 37.4 Å². The van der Waals surface area contributed by atoms with Crippen molar-refractivity contribution in [2.24, 2.45) is 0 Å². The van der Waals surface area contributed by atoms with Gasteiger partial charge in [-0.2, -0.15) is 13.2 Å². The van der Waals surface area contributed by atoms with Crippen molar-refractivity contribution in [3.63, 3.8) is 0 Å². The van der Waals surface area contributed by atoms with Crippen LogP contribution in [0.25, 0.3) is 0 Å². The first-order valence-electron chi connectivity index (χ1n) is 4.27. The minimum absolute atomic E-state index is 0.649. The van der Waals surface area contributed by atoms with Gasteiger partial charge in [0.15, 0.2) is 5.82 Å². The second-order valence-electron chi connectivity index (χ2n) is 3.08. The zero-order valence-corrected chi connectivity index (χ0v) is 8.38. The van der Waals surface area contributed by atoms with Crippen LogP contribution < -0.4 is 5.32 Å². The summed E-state index contributed by atoms with van der Waals surface area (Å²) in [7, 11) is 0. The Balaban J connectivity index is 3.21. The molecule has 0 saturated carbocycles. The van der Waals surface area contributed by atoms with E-state index in [0.29, 0.717) is 12.1 Å². The van der Waals surface area contributed by atoms with Gasteiger partial charge in [0, 0.05) is 0 Å². The largest absolute Gasteiger partial charge is 0.506 e. The lowest BCUT2D eigenvalue weighted by atomic mass is 10.1. The van der Waals surface area contributed by atoms with Gasteiger partial charge in [0.1, 0.15) is 11.4 Å². The first-order valence-corrected chi connectivity index (χ1v) is 4.27. The number of anilines is 1. The number of carboxylic acids is 1. The van der Waals surface area contributed by atoms with Crippen LogP contribution in [-0.2, 0) is 4.79 Å². The van der Waals surface area contributed by atoms with Gasteiger partial charge < -0.3 is 15.5 Å². The smallest absolute Gasteiger partial charge is 0.471 e. The van der Waals surface area contributed by atoms with Crippen molar-refractivity contribution in [2.45, 2.75) is 6.18 Å². The van der Waals surface area contributed by atoms with Gasteiger partial charge in [-0.3, -0.25) is 4.79 Å². The van der Waals surface area contributed by atoms with Crippen LogP contribution in [0.5, 0.6) is 5.75 Å². The Hall–Kier alpha value is -2.32. The third-order valence-corrected chi connectivity index (χ3v) is 1.85. The maximum absolute atomic E-state index is 13.4. The van der Waals surface area contributed by atoms with Gasteiger partial charge in [-0.25, -0.2) is 9.18 Å². The number of amides is 1. The summed E-state index contributed by atoms with van der Waals surface area (Å²) in [5.41, 5.74) is -2.22. The van der Waals surface area contributed by atoms with Crippen molar-refractivity contribution in [1.29, 1.82) is 0 Å². The van der Waals surface area contributed by atoms with Crippen molar-refractivity contribution in [2.75, 3.05) is 5.32 Å². The van der Waals surface area contributed by atoms with E-state index in [9.17, 15) is 27.2 Å². The van der Waals surface area contributed by atoms with Crippen LogP contribution in [0.2, 0.25) is 0 Å². The average molecular weight is 267 g/mol. The fourth-order valence-electron chi connectivity index (χ4n) is 1.03. The Morgan fingerprint density at radius 1 is 1.22 bits per heavy atom. The van der Waals surface area contributed by atoms with Crippen LogP contribution in [0.3, 0.4) is 0 Å². The van der Waals surface area contributed by atoms with Gasteiger partial charge in [0.05, 0.1) is 5.56 Å². The molecule has 1 aromatic rings. The minimum atomic E-state index is -5.29. The highest BCUT2D eigenvalue weighted by Gasteiger charge is 2.39. The van der Waals surface area contributed by atoms with Crippen molar-refractivity contribution in [3.8, 4) is 5.75 Å². The summed E-state index contributed by atoms with van der Waals surface area (Å²) in [6.07, 6.45) is -5.29. The molecule has 0 bridgehead atoms. The first-order chi connectivity index (χ1) is 8.14. The highest BCUT2D eigenvalue weighted by molar-refractivity contribution is 5.98. The second kappa shape index (κ2) is 4.51. The standard InChI is InChI=1S/C9H5F4NO4/c10-5-3(7(16)17)1-2-4(15)6(5)14-8(18)9(11,12)13/h1-2,15H,(H,14,18)(H,16,17). The van der Waals surface area contributed by atoms with Crippen molar-refractivity contribution >= 4 is 17.6 Å². The molecule has 3 N–H and O–H groups in total. The average Bonchev–Trinajstić information content (AvgIpc) is 2.21. The van der Waals surface area contributed by atoms with Crippen LogP contribution in [0.4, 0.5) is 23.2 Å². The zero-order valence-electron chi connectivity index (χ0n) is 8.38. The fourth-order valence-corrected chi connectivity index (χ4v) is 1.03. The maximum Gasteiger partial charge on any atom is 0.471 e. The lowest BCUT2D eigenvalue weighted by molar-refractivity contribution is -0.167. The highest BCUT2D eigenvalue weighted by atomic mass is 19.4. The van der Waals surface area contributed by atoms with Gasteiger partial charge in [-0.1, -0.05) is 0 Å². The third kappa shape index (κ3) is 2.67. The van der Waals surface area contributed by atoms with Gasteiger partial charge >= 0.3 is 18.1 Å². The summed E-state index contributed by atoms with van der Waals surface area (Å²) in [5.74, 6) is -6.97. The normalized spacial score (nSPS) is 11.1. The topological polar surface area (TPSA) is 86.6 Å². The second-order valence-corrected chi connectivity index (χ2v) is 3.08. The molecule has 0 saturated heterocycles. The Bertz CT molecular complexity index is 512. The Labute approximate surface area is 96.6 Å². The monoisotopic (exact) mass is 267 g/mol. The molecule has 1 aromatic carbocycles. The van der Waals surface area contributed by atoms with E-state index >= 15 is 0 Å². The van der Waals surface area contributed by atoms with Crippen LogP contribution in [-0.4, -0.2) is 28.3 Å². The third-order valence-electron chi connectivity index (χ3n) is 1.85.